The highest BCUT2D eigenvalue weighted by Crippen LogP contribution is 2.22. The number of amidine groups is 1. The van der Waals surface area contributed by atoms with Gasteiger partial charge in [0.05, 0.1) is 12.4 Å². The van der Waals surface area contributed by atoms with Gasteiger partial charge < -0.3 is 10.5 Å². The quantitative estimate of drug-likeness (QED) is 0.464. The molecule has 1 rings (SSSR count). The zero-order valence-electron chi connectivity index (χ0n) is 10.3. The van der Waals surface area contributed by atoms with Crippen LogP contribution in [0.4, 0.5) is 0 Å². The first-order valence-corrected chi connectivity index (χ1v) is 6.02. The molecule has 0 fully saturated rings. The van der Waals surface area contributed by atoms with E-state index in [-0.39, 0.29) is 11.3 Å². The van der Waals surface area contributed by atoms with Gasteiger partial charge in [-0.25, -0.2) is 0 Å². The molecule has 0 unspecified atom stereocenters. The van der Waals surface area contributed by atoms with E-state index in [0.29, 0.717) is 11.6 Å². The van der Waals surface area contributed by atoms with E-state index in [0.717, 1.165) is 18.6 Å². The Balaban J connectivity index is 2.32. The minimum absolute atomic E-state index is 0.222. The number of rotatable bonds is 6. The predicted molar refractivity (Wildman–Crippen MR) is 71.9 cm³/mol. The van der Waals surface area contributed by atoms with Crippen molar-refractivity contribution in [3.05, 3.63) is 29.3 Å². The van der Waals surface area contributed by atoms with Crippen LogP contribution in [0.1, 0.15) is 26.7 Å². The van der Waals surface area contributed by atoms with E-state index in [1.165, 1.54) is 0 Å². The Labute approximate surface area is 107 Å². The maximum atomic E-state index is 7.44. The molecule has 17 heavy (non-hydrogen) atoms. The average Bonchev–Trinajstić information content (AvgIpc) is 2.24. The third kappa shape index (κ3) is 4.65. The second-order valence-corrected chi connectivity index (χ2v) is 5.14. The molecule has 0 spiro atoms. The fraction of sp³-hybridized carbons (Fsp3) is 0.462. The number of halogens is 1. The highest BCUT2D eigenvalue weighted by atomic mass is 35.5. The fourth-order valence-corrected chi connectivity index (χ4v) is 1.58. The monoisotopic (exact) mass is 254 g/mol. The lowest BCUT2D eigenvalue weighted by molar-refractivity contribution is 0.287. The predicted octanol–water partition coefficient (Wildman–Crippen LogP) is 3.46. The van der Waals surface area contributed by atoms with Crippen molar-refractivity contribution in [3.8, 4) is 5.75 Å². The standard InChI is InChI=1S/C13H19ClN2O/c1-13(2,12(15)16)7-4-8-17-11-6-3-5-10(14)9-11/h3,5-6,9H,4,7-8H2,1-2H3,(H3,15,16). The summed E-state index contributed by atoms with van der Waals surface area (Å²) in [5, 5.41) is 8.12. The smallest absolute Gasteiger partial charge is 0.120 e. The molecule has 3 N–H and O–H groups in total. The zero-order chi connectivity index (χ0) is 12.9. The van der Waals surface area contributed by atoms with Crippen molar-refractivity contribution in [1.29, 1.82) is 5.41 Å². The van der Waals surface area contributed by atoms with Crippen LogP contribution in [0.3, 0.4) is 0 Å². The van der Waals surface area contributed by atoms with Gasteiger partial charge in [0.2, 0.25) is 0 Å². The SMILES string of the molecule is CC(C)(CCCOc1cccc(Cl)c1)C(=N)N. The number of ether oxygens (including phenoxy) is 1. The van der Waals surface area contributed by atoms with Gasteiger partial charge in [0.1, 0.15) is 5.75 Å². The van der Waals surface area contributed by atoms with Crippen molar-refractivity contribution in [2.45, 2.75) is 26.7 Å². The summed E-state index contributed by atoms with van der Waals surface area (Å²) in [5.74, 6) is 0.999. The van der Waals surface area contributed by atoms with Crippen LogP contribution in [0.15, 0.2) is 24.3 Å². The first-order valence-electron chi connectivity index (χ1n) is 5.65. The highest BCUT2D eigenvalue weighted by molar-refractivity contribution is 6.30. The van der Waals surface area contributed by atoms with Crippen molar-refractivity contribution < 1.29 is 4.74 Å². The second kappa shape index (κ2) is 5.92. The lowest BCUT2D eigenvalue weighted by Gasteiger charge is -2.22. The van der Waals surface area contributed by atoms with Gasteiger partial charge in [-0.3, -0.25) is 5.41 Å². The first kappa shape index (κ1) is 13.8. The highest BCUT2D eigenvalue weighted by Gasteiger charge is 2.20. The van der Waals surface area contributed by atoms with Crippen LogP contribution in [-0.2, 0) is 0 Å². The van der Waals surface area contributed by atoms with E-state index in [1.54, 1.807) is 6.07 Å². The molecule has 94 valence electrons. The van der Waals surface area contributed by atoms with Gasteiger partial charge in [-0.05, 0) is 31.0 Å². The Morgan fingerprint density at radius 3 is 2.76 bits per heavy atom. The Bertz CT molecular complexity index is 391. The molecule has 4 heteroatoms. The maximum Gasteiger partial charge on any atom is 0.120 e. The number of benzene rings is 1. The van der Waals surface area contributed by atoms with Crippen molar-refractivity contribution in [1.82, 2.24) is 0 Å². The number of nitrogens with one attached hydrogen (secondary N) is 1. The molecule has 1 aromatic rings. The van der Waals surface area contributed by atoms with Crippen LogP contribution in [-0.4, -0.2) is 12.4 Å². The maximum absolute atomic E-state index is 7.44. The number of hydrogen-bond acceptors (Lipinski definition) is 2. The Morgan fingerprint density at radius 1 is 1.47 bits per heavy atom. The molecule has 0 aromatic heterocycles. The van der Waals surface area contributed by atoms with E-state index < -0.39 is 0 Å². The molecule has 3 nitrogen and oxygen atoms in total. The molecule has 0 aliphatic rings. The summed E-state index contributed by atoms with van der Waals surface area (Å²) in [7, 11) is 0. The molecule has 1 aromatic carbocycles. The third-order valence-electron chi connectivity index (χ3n) is 2.74. The van der Waals surface area contributed by atoms with Crippen LogP contribution in [0.25, 0.3) is 0 Å². The van der Waals surface area contributed by atoms with Gasteiger partial charge in [-0.15, -0.1) is 0 Å². The van der Waals surface area contributed by atoms with Gasteiger partial charge in [0, 0.05) is 10.4 Å². The molecule has 0 bridgehead atoms. The Morgan fingerprint density at radius 2 is 2.18 bits per heavy atom. The number of hydrogen-bond donors (Lipinski definition) is 2. The van der Waals surface area contributed by atoms with Crippen LogP contribution >= 0.6 is 11.6 Å². The molecule has 0 saturated carbocycles. The Hall–Kier alpha value is -1.22. The summed E-state index contributed by atoms with van der Waals surface area (Å²) in [5.41, 5.74) is 5.26. The fourth-order valence-electron chi connectivity index (χ4n) is 1.40. The third-order valence-corrected chi connectivity index (χ3v) is 2.98. The van der Waals surface area contributed by atoms with E-state index in [2.05, 4.69) is 0 Å². The Kier molecular flexibility index (Phi) is 4.82. The molecular formula is C13H19ClN2O. The summed E-state index contributed by atoms with van der Waals surface area (Å²) in [6.07, 6.45) is 1.70. The van der Waals surface area contributed by atoms with Crippen molar-refractivity contribution in [2.75, 3.05) is 6.61 Å². The average molecular weight is 255 g/mol. The summed E-state index contributed by atoms with van der Waals surface area (Å²) in [4.78, 5) is 0. The lowest BCUT2D eigenvalue weighted by atomic mass is 9.87. The molecule has 0 radical (unpaired) electrons. The number of nitrogens with two attached hydrogens (primary N) is 1. The molecule has 0 amide bonds. The van der Waals surface area contributed by atoms with Gasteiger partial charge in [0.15, 0.2) is 0 Å². The van der Waals surface area contributed by atoms with E-state index in [4.69, 9.17) is 27.5 Å². The zero-order valence-corrected chi connectivity index (χ0v) is 11.1. The van der Waals surface area contributed by atoms with Gasteiger partial charge >= 0.3 is 0 Å². The minimum Gasteiger partial charge on any atom is -0.494 e. The van der Waals surface area contributed by atoms with E-state index >= 15 is 0 Å². The summed E-state index contributed by atoms with van der Waals surface area (Å²) < 4.78 is 5.57. The van der Waals surface area contributed by atoms with Gasteiger partial charge in [0.25, 0.3) is 0 Å². The summed E-state index contributed by atoms with van der Waals surface area (Å²) in [6, 6.07) is 7.34. The van der Waals surface area contributed by atoms with Crippen LogP contribution in [0, 0.1) is 10.8 Å². The molecule has 0 saturated heterocycles. The molecule has 0 aliphatic carbocycles. The van der Waals surface area contributed by atoms with Crippen molar-refractivity contribution in [2.24, 2.45) is 11.1 Å². The van der Waals surface area contributed by atoms with Gasteiger partial charge in [-0.1, -0.05) is 31.5 Å². The normalized spacial score (nSPS) is 11.2. The van der Waals surface area contributed by atoms with E-state index in [9.17, 15) is 0 Å². The van der Waals surface area contributed by atoms with E-state index in [1.807, 2.05) is 32.0 Å². The van der Waals surface area contributed by atoms with Crippen LogP contribution in [0.5, 0.6) is 5.75 Å². The summed E-state index contributed by atoms with van der Waals surface area (Å²) >= 11 is 5.85. The van der Waals surface area contributed by atoms with Crippen LogP contribution in [0.2, 0.25) is 5.02 Å². The molecule has 0 atom stereocenters. The molecule has 0 heterocycles. The largest absolute Gasteiger partial charge is 0.494 e. The minimum atomic E-state index is -0.252. The molecule has 0 aliphatic heterocycles. The van der Waals surface area contributed by atoms with Crippen molar-refractivity contribution >= 4 is 17.4 Å². The lowest BCUT2D eigenvalue weighted by Crippen LogP contribution is -2.31. The molecular weight excluding hydrogens is 236 g/mol. The van der Waals surface area contributed by atoms with Crippen molar-refractivity contribution in [3.63, 3.8) is 0 Å². The topological polar surface area (TPSA) is 59.1 Å². The summed E-state index contributed by atoms with van der Waals surface area (Å²) in [6.45, 7) is 4.54. The van der Waals surface area contributed by atoms with Gasteiger partial charge in [-0.2, -0.15) is 0 Å². The first-order chi connectivity index (χ1) is 7.92. The second-order valence-electron chi connectivity index (χ2n) is 4.71. The van der Waals surface area contributed by atoms with Crippen LogP contribution < -0.4 is 10.5 Å².